The number of para-hydroxylation sites is 1. The first-order chi connectivity index (χ1) is 15.1. The zero-order valence-electron chi connectivity index (χ0n) is 18.1. The molecule has 0 bridgehead atoms. The number of rotatable bonds is 8. The third-order valence-corrected chi connectivity index (χ3v) is 6.34. The van der Waals surface area contributed by atoms with Crippen LogP contribution in [0, 0.1) is 6.92 Å². The first kappa shape index (κ1) is 21.2. The molecule has 160 valence electrons. The number of hydrogen-bond acceptors (Lipinski definition) is 4. The smallest absolute Gasteiger partial charge is 0.230 e. The van der Waals surface area contributed by atoms with Crippen LogP contribution in [0.1, 0.15) is 32.3 Å². The van der Waals surface area contributed by atoms with Gasteiger partial charge in [-0.3, -0.25) is 9.36 Å². The number of nitrogens with zero attached hydrogens (tertiary/aromatic N) is 3. The maximum Gasteiger partial charge on any atom is 0.230 e. The standard InChI is InChI=1S/C24H27N5OS/c1-4-17(5-2)26-22(30)15-31-24-28-27-23(29(24)18-10-8-9-16(3)13-18)20-14-25-21-12-7-6-11-19(20)21/h6-14,17,25H,4-5,15H2,1-3H3,(H,26,30). The van der Waals surface area contributed by atoms with Gasteiger partial charge in [0.25, 0.3) is 0 Å². The van der Waals surface area contributed by atoms with Crippen LogP contribution in [0.2, 0.25) is 0 Å². The Balaban J connectivity index is 1.70. The van der Waals surface area contributed by atoms with Gasteiger partial charge >= 0.3 is 0 Å². The monoisotopic (exact) mass is 433 g/mol. The van der Waals surface area contributed by atoms with Crippen molar-refractivity contribution in [3.8, 4) is 17.1 Å². The highest BCUT2D eigenvalue weighted by Crippen LogP contribution is 2.32. The topological polar surface area (TPSA) is 75.6 Å². The number of carbonyl (C=O) groups is 1. The number of thioether (sulfide) groups is 1. The SMILES string of the molecule is CCC(CC)NC(=O)CSc1nnc(-c2c[nH]c3ccccc23)n1-c1cccc(C)c1. The number of aromatic nitrogens is 4. The lowest BCUT2D eigenvalue weighted by Crippen LogP contribution is -2.35. The number of aryl methyl sites for hydroxylation is 1. The molecular formula is C24H27N5OS. The summed E-state index contributed by atoms with van der Waals surface area (Å²) in [6, 6.07) is 16.6. The van der Waals surface area contributed by atoms with Crippen molar-refractivity contribution in [3.05, 3.63) is 60.3 Å². The molecule has 0 aliphatic rings. The minimum atomic E-state index is 0.0196. The molecule has 2 N–H and O–H groups in total. The van der Waals surface area contributed by atoms with Crippen molar-refractivity contribution in [1.82, 2.24) is 25.1 Å². The molecule has 0 saturated carbocycles. The number of H-pyrrole nitrogens is 1. The molecule has 2 aromatic carbocycles. The van der Waals surface area contributed by atoms with Crippen LogP contribution in [0.3, 0.4) is 0 Å². The van der Waals surface area contributed by atoms with E-state index in [4.69, 9.17) is 0 Å². The van der Waals surface area contributed by atoms with Crippen LogP contribution in [0.15, 0.2) is 59.9 Å². The molecule has 31 heavy (non-hydrogen) atoms. The van der Waals surface area contributed by atoms with Crippen molar-refractivity contribution < 1.29 is 4.79 Å². The van der Waals surface area contributed by atoms with Crippen LogP contribution in [0.5, 0.6) is 0 Å². The summed E-state index contributed by atoms with van der Waals surface area (Å²) in [6.45, 7) is 6.24. The largest absolute Gasteiger partial charge is 0.360 e. The van der Waals surface area contributed by atoms with Gasteiger partial charge in [0.05, 0.1) is 5.75 Å². The Morgan fingerprint density at radius 1 is 1.13 bits per heavy atom. The molecule has 0 saturated heterocycles. The highest BCUT2D eigenvalue weighted by atomic mass is 32.2. The Labute approximate surface area is 186 Å². The second kappa shape index (κ2) is 9.39. The van der Waals surface area contributed by atoms with E-state index in [0.29, 0.717) is 10.9 Å². The Bertz CT molecular complexity index is 1190. The number of aromatic amines is 1. The van der Waals surface area contributed by atoms with Crippen LogP contribution in [0.4, 0.5) is 0 Å². The fraction of sp³-hybridized carbons (Fsp3) is 0.292. The average Bonchev–Trinajstić information content (AvgIpc) is 3.39. The van der Waals surface area contributed by atoms with Crippen LogP contribution in [0.25, 0.3) is 28.0 Å². The van der Waals surface area contributed by atoms with Crippen molar-refractivity contribution in [1.29, 1.82) is 0 Å². The van der Waals surface area contributed by atoms with Crippen LogP contribution < -0.4 is 5.32 Å². The quantitative estimate of drug-likeness (QED) is 0.378. The van der Waals surface area contributed by atoms with E-state index < -0.39 is 0 Å². The molecule has 0 radical (unpaired) electrons. The summed E-state index contributed by atoms with van der Waals surface area (Å²) in [5.41, 5.74) is 4.17. The molecule has 1 amide bonds. The molecule has 0 atom stereocenters. The van der Waals surface area contributed by atoms with Gasteiger partial charge in [-0.05, 0) is 43.5 Å². The zero-order chi connectivity index (χ0) is 21.8. The summed E-state index contributed by atoms with van der Waals surface area (Å²) in [4.78, 5) is 15.8. The van der Waals surface area contributed by atoms with Gasteiger partial charge in [-0.2, -0.15) is 0 Å². The van der Waals surface area contributed by atoms with Gasteiger partial charge in [-0.25, -0.2) is 0 Å². The van der Waals surface area contributed by atoms with Gasteiger partial charge in [-0.1, -0.05) is 55.9 Å². The van der Waals surface area contributed by atoms with E-state index in [1.165, 1.54) is 11.8 Å². The lowest BCUT2D eigenvalue weighted by molar-refractivity contribution is -0.119. The van der Waals surface area contributed by atoms with Crippen molar-refractivity contribution in [3.63, 3.8) is 0 Å². The third kappa shape index (κ3) is 4.51. The summed E-state index contributed by atoms with van der Waals surface area (Å²) >= 11 is 1.41. The Kier molecular flexibility index (Phi) is 6.42. The molecule has 4 aromatic rings. The molecule has 6 nitrogen and oxygen atoms in total. The second-order valence-corrected chi connectivity index (χ2v) is 8.54. The maximum absolute atomic E-state index is 12.5. The lowest BCUT2D eigenvalue weighted by atomic mass is 10.1. The van der Waals surface area contributed by atoms with Crippen molar-refractivity contribution >= 4 is 28.6 Å². The summed E-state index contributed by atoms with van der Waals surface area (Å²) in [7, 11) is 0. The van der Waals surface area contributed by atoms with E-state index in [0.717, 1.165) is 46.4 Å². The summed E-state index contributed by atoms with van der Waals surface area (Å²) in [5, 5.41) is 13.9. The minimum absolute atomic E-state index is 0.0196. The van der Waals surface area contributed by atoms with E-state index in [2.05, 4.69) is 59.5 Å². The third-order valence-electron chi connectivity index (χ3n) is 5.41. The number of nitrogens with one attached hydrogen (secondary N) is 2. The van der Waals surface area contributed by atoms with Gasteiger partial charge in [0.15, 0.2) is 11.0 Å². The van der Waals surface area contributed by atoms with Gasteiger partial charge in [0.2, 0.25) is 5.91 Å². The molecule has 0 unspecified atom stereocenters. The fourth-order valence-corrected chi connectivity index (χ4v) is 4.45. The van der Waals surface area contributed by atoms with Crippen molar-refractivity contribution in [2.45, 2.75) is 44.8 Å². The van der Waals surface area contributed by atoms with Gasteiger partial charge < -0.3 is 10.3 Å². The van der Waals surface area contributed by atoms with Gasteiger partial charge in [0, 0.05) is 34.4 Å². The molecule has 4 rings (SSSR count). The highest BCUT2D eigenvalue weighted by molar-refractivity contribution is 7.99. The molecule has 7 heteroatoms. The number of carbonyl (C=O) groups excluding carboxylic acids is 1. The van der Waals surface area contributed by atoms with Crippen molar-refractivity contribution in [2.24, 2.45) is 0 Å². The highest BCUT2D eigenvalue weighted by Gasteiger charge is 2.20. The number of benzene rings is 2. The summed E-state index contributed by atoms with van der Waals surface area (Å²) in [5.74, 6) is 1.08. The summed E-state index contributed by atoms with van der Waals surface area (Å²) < 4.78 is 2.04. The molecule has 0 aliphatic carbocycles. The fourth-order valence-electron chi connectivity index (χ4n) is 3.69. The Hall–Kier alpha value is -3.06. The Morgan fingerprint density at radius 2 is 1.94 bits per heavy atom. The van der Waals surface area contributed by atoms with Crippen LogP contribution in [-0.2, 0) is 4.79 Å². The first-order valence-corrected chi connectivity index (χ1v) is 11.6. The first-order valence-electron chi connectivity index (χ1n) is 10.6. The van der Waals surface area contributed by atoms with E-state index in [1.54, 1.807) is 0 Å². The maximum atomic E-state index is 12.5. The van der Waals surface area contributed by atoms with Crippen LogP contribution in [-0.4, -0.2) is 37.5 Å². The zero-order valence-corrected chi connectivity index (χ0v) is 18.9. The van der Waals surface area contributed by atoms with E-state index in [9.17, 15) is 4.79 Å². The second-order valence-electron chi connectivity index (χ2n) is 7.60. The lowest BCUT2D eigenvalue weighted by Gasteiger charge is -2.14. The molecule has 0 fully saturated rings. The summed E-state index contributed by atoms with van der Waals surface area (Å²) in [6.07, 6.45) is 3.82. The molecule has 2 aromatic heterocycles. The average molecular weight is 434 g/mol. The molecule has 2 heterocycles. The predicted octanol–water partition coefficient (Wildman–Crippen LogP) is 5.12. The Morgan fingerprint density at radius 3 is 2.71 bits per heavy atom. The van der Waals surface area contributed by atoms with Gasteiger partial charge in [0.1, 0.15) is 0 Å². The van der Waals surface area contributed by atoms with Gasteiger partial charge in [-0.15, -0.1) is 10.2 Å². The van der Waals surface area contributed by atoms with E-state index >= 15 is 0 Å². The number of amides is 1. The predicted molar refractivity (Wildman–Crippen MR) is 127 cm³/mol. The normalized spacial score (nSPS) is 11.4. The molecule has 0 spiro atoms. The van der Waals surface area contributed by atoms with Crippen molar-refractivity contribution in [2.75, 3.05) is 5.75 Å². The molecular weight excluding hydrogens is 406 g/mol. The van der Waals surface area contributed by atoms with E-state index in [-0.39, 0.29) is 11.9 Å². The van der Waals surface area contributed by atoms with Crippen LogP contribution >= 0.6 is 11.8 Å². The number of hydrogen-bond donors (Lipinski definition) is 2. The molecule has 0 aliphatic heterocycles. The number of fused-ring (bicyclic) bond motifs is 1. The minimum Gasteiger partial charge on any atom is -0.360 e. The van der Waals surface area contributed by atoms with E-state index in [1.807, 2.05) is 41.1 Å².